The van der Waals surface area contributed by atoms with E-state index in [9.17, 15) is 22.0 Å². The molecule has 0 saturated carbocycles. The molecule has 0 unspecified atom stereocenters. The molecule has 0 heterocycles. The summed E-state index contributed by atoms with van der Waals surface area (Å²) in [7, 11) is 0. The molecule has 0 aliphatic carbocycles. The van der Waals surface area contributed by atoms with Crippen LogP contribution < -0.4 is 5.73 Å². The van der Waals surface area contributed by atoms with Crippen molar-refractivity contribution >= 4 is 12.4 Å². The van der Waals surface area contributed by atoms with Gasteiger partial charge in [-0.2, -0.15) is 22.0 Å². The first-order chi connectivity index (χ1) is 7.57. The van der Waals surface area contributed by atoms with E-state index in [0.717, 1.165) is 5.56 Å². The lowest BCUT2D eigenvalue weighted by atomic mass is 9.95. The topological polar surface area (TPSA) is 26.0 Å². The van der Waals surface area contributed by atoms with Crippen molar-refractivity contribution in [3.63, 3.8) is 0 Å². The van der Waals surface area contributed by atoms with Crippen LogP contribution in [0, 0.1) is 13.8 Å². The Kier molecular flexibility index (Phi) is 5.14. The molecular weight excluding hydrogens is 277 g/mol. The summed E-state index contributed by atoms with van der Waals surface area (Å²) in [6.07, 6.45) is -5.65. The normalized spacial score (nSPS) is 14.0. The van der Waals surface area contributed by atoms with Crippen LogP contribution in [0.4, 0.5) is 22.0 Å². The van der Waals surface area contributed by atoms with Crippen LogP contribution in [0.5, 0.6) is 0 Å². The molecular formula is C11H13ClF5N. The quantitative estimate of drug-likeness (QED) is 0.821. The molecule has 1 atom stereocenters. The maximum Gasteiger partial charge on any atom is 0.455 e. The van der Waals surface area contributed by atoms with Crippen molar-refractivity contribution in [3.8, 4) is 0 Å². The van der Waals surface area contributed by atoms with E-state index in [0.29, 0.717) is 5.56 Å². The summed E-state index contributed by atoms with van der Waals surface area (Å²) in [5.41, 5.74) is 5.94. The summed E-state index contributed by atoms with van der Waals surface area (Å²) in [4.78, 5) is 0. The van der Waals surface area contributed by atoms with Crippen LogP contribution in [0.2, 0.25) is 0 Å². The van der Waals surface area contributed by atoms with Gasteiger partial charge in [0.2, 0.25) is 0 Å². The van der Waals surface area contributed by atoms with Gasteiger partial charge in [0.15, 0.2) is 0 Å². The molecule has 104 valence electrons. The summed E-state index contributed by atoms with van der Waals surface area (Å²) in [6.45, 7) is 3.17. The Morgan fingerprint density at radius 3 is 1.94 bits per heavy atom. The highest BCUT2D eigenvalue weighted by molar-refractivity contribution is 5.85. The fourth-order valence-corrected chi connectivity index (χ4v) is 1.55. The van der Waals surface area contributed by atoms with Gasteiger partial charge in [0.1, 0.15) is 6.04 Å². The minimum absolute atomic E-state index is 0. The lowest BCUT2D eigenvalue weighted by Gasteiger charge is -2.27. The highest BCUT2D eigenvalue weighted by Crippen LogP contribution is 2.43. The Bertz CT molecular complexity index is 416. The Balaban J connectivity index is 0.00000289. The zero-order chi connectivity index (χ0) is 13.4. The number of hydrogen-bond donors (Lipinski definition) is 1. The van der Waals surface area contributed by atoms with Gasteiger partial charge in [-0.1, -0.05) is 23.8 Å². The number of benzene rings is 1. The molecule has 1 aromatic rings. The zero-order valence-electron chi connectivity index (χ0n) is 9.68. The van der Waals surface area contributed by atoms with E-state index in [2.05, 4.69) is 0 Å². The maximum absolute atomic E-state index is 13.0. The predicted molar refractivity (Wildman–Crippen MR) is 61.1 cm³/mol. The number of halogens is 6. The van der Waals surface area contributed by atoms with Crippen molar-refractivity contribution in [2.75, 3.05) is 0 Å². The Morgan fingerprint density at radius 1 is 1.06 bits per heavy atom. The van der Waals surface area contributed by atoms with Crippen LogP contribution in [0.3, 0.4) is 0 Å². The standard InChI is InChI=1S/C11H12F5N.ClH/c1-6-3-4-8(7(2)5-6)9(17)10(12,13)11(14,15)16;/h3-5,9H,17H2,1-2H3;1H/t9-;/m0./s1. The minimum atomic E-state index is -5.65. The molecule has 18 heavy (non-hydrogen) atoms. The molecule has 0 aliphatic rings. The van der Waals surface area contributed by atoms with Crippen molar-refractivity contribution in [1.82, 2.24) is 0 Å². The predicted octanol–water partition coefficient (Wildman–Crippen LogP) is 3.92. The molecule has 0 amide bonds. The van der Waals surface area contributed by atoms with Crippen molar-refractivity contribution in [2.24, 2.45) is 5.73 Å². The van der Waals surface area contributed by atoms with Crippen molar-refractivity contribution in [3.05, 3.63) is 34.9 Å². The Labute approximate surface area is 108 Å². The molecule has 0 fully saturated rings. The monoisotopic (exact) mass is 289 g/mol. The van der Waals surface area contributed by atoms with Gasteiger partial charge in [0.25, 0.3) is 0 Å². The Hall–Kier alpha value is -0.880. The lowest BCUT2D eigenvalue weighted by Crippen LogP contribution is -2.46. The number of nitrogens with two attached hydrogens (primary N) is 1. The van der Waals surface area contributed by atoms with Crippen LogP contribution in [0.25, 0.3) is 0 Å². The summed E-state index contributed by atoms with van der Waals surface area (Å²) >= 11 is 0. The van der Waals surface area contributed by atoms with Gasteiger partial charge in [-0.25, -0.2) is 0 Å². The third-order valence-electron chi connectivity index (χ3n) is 2.53. The third-order valence-corrected chi connectivity index (χ3v) is 2.53. The van der Waals surface area contributed by atoms with Gasteiger partial charge in [-0.05, 0) is 25.0 Å². The second-order valence-corrected chi connectivity index (χ2v) is 3.96. The van der Waals surface area contributed by atoms with E-state index >= 15 is 0 Å². The van der Waals surface area contributed by atoms with Crippen LogP contribution in [-0.4, -0.2) is 12.1 Å². The summed E-state index contributed by atoms with van der Waals surface area (Å²) in [5.74, 6) is -4.94. The average Bonchev–Trinajstić information content (AvgIpc) is 2.14. The maximum atomic E-state index is 13.0. The molecule has 0 aliphatic heterocycles. The highest BCUT2D eigenvalue weighted by atomic mass is 35.5. The van der Waals surface area contributed by atoms with Gasteiger partial charge in [-0.15, -0.1) is 12.4 Å². The summed E-state index contributed by atoms with van der Waals surface area (Å²) in [6, 6.07) is 1.79. The van der Waals surface area contributed by atoms with Gasteiger partial charge in [0.05, 0.1) is 0 Å². The second-order valence-electron chi connectivity index (χ2n) is 3.96. The van der Waals surface area contributed by atoms with Crippen molar-refractivity contribution < 1.29 is 22.0 Å². The van der Waals surface area contributed by atoms with Crippen LogP contribution >= 0.6 is 12.4 Å². The summed E-state index contributed by atoms with van der Waals surface area (Å²) in [5, 5.41) is 0. The average molecular weight is 290 g/mol. The fraction of sp³-hybridized carbons (Fsp3) is 0.455. The largest absolute Gasteiger partial charge is 0.455 e. The van der Waals surface area contributed by atoms with E-state index in [1.807, 2.05) is 0 Å². The van der Waals surface area contributed by atoms with E-state index in [1.165, 1.54) is 25.1 Å². The molecule has 0 bridgehead atoms. The number of rotatable bonds is 2. The van der Waals surface area contributed by atoms with Gasteiger partial charge in [0, 0.05) is 0 Å². The van der Waals surface area contributed by atoms with E-state index < -0.39 is 18.1 Å². The van der Waals surface area contributed by atoms with Gasteiger partial charge in [-0.3, -0.25) is 0 Å². The van der Waals surface area contributed by atoms with Crippen molar-refractivity contribution in [1.29, 1.82) is 0 Å². The van der Waals surface area contributed by atoms with Crippen LogP contribution in [0.15, 0.2) is 18.2 Å². The minimum Gasteiger partial charge on any atom is -0.319 e. The van der Waals surface area contributed by atoms with Crippen molar-refractivity contribution in [2.45, 2.75) is 32.0 Å². The molecule has 2 N–H and O–H groups in total. The fourth-order valence-electron chi connectivity index (χ4n) is 1.55. The Morgan fingerprint density at radius 2 is 1.56 bits per heavy atom. The molecule has 7 heteroatoms. The van der Waals surface area contributed by atoms with Crippen LogP contribution in [0.1, 0.15) is 22.7 Å². The highest BCUT2D eigenvalue weighted by Gasteiger charge is 2.61. The SMILES string of the molecule is Cc1ccc([C@H](N)C(F)(F)C(F)(F)F)c(C)c1.Cl. The van der Waals surface area contributed by atoms with Crippen LogP contribution in [-0.2, 0) is 0 Å². The smallest absolute Gasteiger partial charge is 0.319 e. The molecule has 0 aromatic heterocycles. The first-order valence-corrected chi connectivity index (χ1v) is 4.84. The first-order valence-electron chi connectivity index (χ1n) is 4.84. The molecule has 1 nitrogen and oxygen atoms in total. The van der Waals surface area contributed by atoms with Gasteiger partial charge >= 0.3 is 12.1 Å². The molecule has 1 rings (SSSR count). The second kappa shape index (κ2) is 5.40. The van der Waals surface area contributed by atoms with E-state index in [1.54, 1.807) is 6.92 Å². The summed E-state index contributed by atoms with van der Waals surface area (Å²) < 4.78 is 62.5. The number of aryl methyl sites for hydroxylation is 2. The first kappa shape index (κ1) is 17.1. The van der Waals surface area contributed by atoms with E-state index in [4.69, 9.17) is 5.73 Å². The van der Waals surface area contributed by atoms with Gasteiger partial charge < -0.3 is 5.73 Å². The molecule has 1 aromatic carbocycles. The van der Waals surface area contributed by atoms with E-state index in [-0.39, 0.29) is 18.0 Å². The zero-order valence-corrected chi connectivity index (χ0v) is 10.5. The third kappa shape index (κ3) is 3.11. The number of hydrogen-bond acceptors (Lipinski definition) is 1. The molecule has 0 saturated heterocycles. The molecule has 0 radical (unpaired) electrons. The lowest BCUT2D eigenvalue weighted by molar-refractivity contribution is -0.291. The number of alkyl halides is 5. The molecule has 0 spiro atoms.